The number of nitrogens with zero attached hydrogens (tertiary/aromatic N) is 3. The third-order valence-electron chi connectivity index (χ3n) is 4.76. The molecule has 1 aliphatic rings. The van der Waals surface area contributed by atoms with Crippen molar-refractivity contribution in [2.45, 2.75) is 12.8 Å². The largest absolute Gasteiger partial charge is 0.356 e. The van der Waals surface area contributed by atoms with E-state index in [9.17, 15) is 19.2 Å². The summed E-state index contributed by atoms with van der Waals surface area (Å²) in [6.07, 6.45) is 3.27. The molecule has 1 aromatic carbocycles. The molecule has 2 N–H and O–H groups in total. The van der Waals surface area contributed by atoms with E-state index in [0.29, 0.717) is 31.0 Å². The molecule has 0 atom stereocenters. The maximum absolute atomic E-state index is 13.2. The van der Waals surface area contributed by atoms with Gasteiger partial charge < -0.3 is 15.5 Å². The van der Waals surface area contributed by atoms with Crippen LogP contribution in [0.2, 0.25) is 5.02 Å². The lowest BCUT2D eigenvalue weighted by atomic mass is 9.96. The number of carbonyl (C=O) groups is 2. The smallest absolute Gasteiger partial charge is 0.313 e. The van der Waals surface area contributed by atoms with E-state index in [1.54, 1.807) is 18.3 Å². The first kappa shape index (κ1) is 20.6. The fraction of sp³-hybridized carbons (Fsp3) is 0.300. The van der Waals surface area contributed by atoms with Gasteiger partial charge in [-0.3, -0.25) is 9.59 Å². The van der Waals surface area contributed by atoms with Crippen molar-refractivity contribution in [3.05, 3.63) is 52.9 Å². The van der Waals surface area contributed by atoms with E-state index in [-0.39, 0.29) is 16.6 Å². The lowest BCUT2D eigenvalue weighted by molar-refractivity contribution is -0.136. The minimum atomic E-state index is -0.836. The fourth-order valence-corrected chi connectivity index (χ4v) is 3.34. The first-order valence-corrected chi connectivity index (χ1v) is 9.50. The van der Waals surface area contributed by atoms with Gasteiger partial charge in [-0.1, -0.05) is 11.6 Å². The number of pyridine rings is 1. The molecule has 0 saturated carbocycles. The number of rotatable bonds is 4. The van der Waals surface area contributed by atoms with Crippen LogP contribution in [0.15, 0.2) is 36.5 Å². The van der Waals surface area contributed by atoms with Crippen LogP contribution in [0, 0.1) is 23.1 Å². The molecule has 1 saturated heterocycles. The first-order chi connectivity index (χ1) is 14.0. The fourth-order valence-electron chi connectivity index (χ4n) is 3.16. The van der Waals surface area contributed by atoms with E-state index in [0.717, 1.165) is 18.9 Å². The Kier molecular flexibility index (Phi) is 6.62. The molecule has 0 radical (unpaired) electrons. The van der Waals surface area contributed by atoms with Crippen molar-refractivity contribution >= 4 is 34.9 Å². The highest BCUT2D eigenvalue weighted by atomic mass is 35.5. The standard InChI is InChI=1S/C20H19ClFN5O2/c21-16-10-15(3-4-17(16)22)26-20(29)19(28)25-12-13-5-8-27(9-6-13)18-14(11-23)2-1-7-24-18/h1-4,7,10,13H,5-6,8-9,12H2,(H,25,28)(H,26,29). The molecule has 0 spiro atoms. The van der Waals surface area contributed by atoms with Crippen LogP contribution in [0.4, 0.5) is 15.9 Å². The van der Waals surface area contributed by atoms with Gasteiger partial charge >= 0.3 is 11.8 Å². The molecule has 1 aliphatic heterocycles. The van der Waals surface area contributed by atoms with Crippen LogP contribution in [0.3, 0.4) is 0 Å². The zero-order valence-corrected chi connectivity index (χ0v) is 16.2. The Labute approximate surface area is 172 Å². The quantitative estimate of drug-likeness (QED) is 0.748. The lowest BCUT2D eigenvalue weighted by Crippen LogP contribution is -2.42. The molecule has 1 aromatic heterocycles. The van der Waals surface area contributed by atoms with Gasteiger partial charge in [-0.15, -0.1) is 0 Å². The molecule has 2 aromatic rings. The van der Waals surface area contributed by atoms with Crippen LogP contribution in [-0.2, 0) is 9.59 Å². The number of piperidine rings is 1. The van der Waals surface area contributed by atoms with Gasteiger partial charge in [0.05, 0.1) is 10.6 Å². The third-order valence-corrected chi connectivity index (χ3v) is 5.05. The van der Waals surface area contributed by atoms with Crippen LogP contribution in [0.1, 0.15) is 18.4 Å². The van der Waals surface area contributed by atoms with Crippen molar-refractivity contribution in [1.29, 1.82) is 5.26 Å². The highest BCUT2D eigenvalue weighted by Crippen LogP contribution is 2.24. The molecule has 2 amide bonds. The minimum Gasteiger partial charge on any atom is -0.356 e. The van der Waals surface area contributed by atoms with Gasteiger partial charge in [-0.25, -0.2) is 9.37 Å². The van der Waals surface area contributed by atoms with Crippen LogP contribution in [0.25, 0.3) is 0 Å². The third kappa shape index (κ3) is 5.21. The number of benzene rings is 1. The molecule has 29 heavy (non-hydrogen) atoms. The molecule has 3 rings (SSSR count). The Bertz CT molecular complexity index is 954. The van der Waals surface area contributed by atoms with Crippen molar-refractivity contribution in [2.75, 3.05) is 29.9 Å². The van der Waals surface area contributed by atoms with Crippen molar-refractivity contribution in [1.82, 2.24) is 10.3 Å². The zero-order chi connectivity index (χ0) is 20.8. The Morgan fingerprint density at radius 3 is 2.72 bits per heavy atom. The average Bonchev–Trinajstić information content (AvgIpc) is 2.75. The molecule has 0 unspecified atom stereocenters. The normalized spacial score (nSPS) is 14.2. The summed E-state index contributed by atoms with van der Waals surface area (Å²) in [5.41, 5.74) is 0.783. The molecule has 9 heteroatoms. The van der Waals surface area contributed by atoms with Crippen LogP contribution >= 0.6 is 11.6 Å². The Morgan fingerprint density at radius 2 is 2.03 bits per heavy atom. The van der Waals surface area contributed by atoms with Crippen molar-refractivity contribution < 1.29 is 14.0 Å². The van der Waals surface area contributed by atoms with Gasteiger partial charge in [0.2, 0.25) is 0 Å². The molecule has 150 valence electrons. The number of halogens is 2. The lowest BCUT2D eigenvalue weighted by Gasteiger charge is -2.33. The second-order valence-electron chi connectivity index (χ2n) is 6.71. The number of nitrogens with one attached hydrogen (secondary N) is 2. The second kappa shape index (κ2) is 9.34. The van der Waals surface area contributed by atoms with Gasteiger partial charge in [0.1, 0.15) is 17.7 Å². The van der Waals surface area contributed by atoms with Crippen molar-refractivity contribution in [3.8, 4) is 6.07 Å². The monoisotopic (exact) mass is 415 g/mol. The highest BCUT2D eigenvalue weighted by molar-refractivity contribution is 6.39. The van der Waals surface area contributed by atoms with Gasteiger partial charge in [0, 0.05) is 31.5 Å². The van der Waals surface area contributed by atoms with E-state index in [1.165, 1.54) is 12.1 Å². The van der Waals surface area contributed by atoms with Gasteiger partial charge in [0.25, 0.3) is 0 Å². The van der Waals surface area contributed by atoms with Crippen molar-refractivity contribution in [3.63, 3.8) is 0 Å². The highest BCUT2D eigenvalue weighted by Gasteiger charge is 2.23. The maximum Gasteiger partial charge on any atom is 0.313 e. The van der Waals surface area contributed by atoms with E-state index in [4.69, 9.17) is 11.6 Å². The summed E-state index contributed by atoms with van der Waals surface area (Å²) in [5.74, 6) is -1.30. The summed E-state index contributed by atoms with van der Waals surface area (Å²) < 4.78 is 13.2. The van der Waals surface area contributed by atoms with Crippen molar-refractivity contribution in [2.24, 2.45) is 5.92 Å². The molecular formula is C20H19ClFN5O2. The summed E-state index contributed by atoms with van der Waals surface area (Å²) >= 11 is 5.66. The molecule has 0 aliphatic carbocycles. The van der Waals surface area contributed by atoms with Crippen LogP contribution in [-0.4, -0.2) is 36.4 Å². The average molecular weight is 416 g/mol. The Hall–Kier alpha value is -3.18. The number of hydrogen-bond acceptors (Lipinski definition) is 5. The van der Waals surface area contributed by atoms with Gasteiger partial charge in [-0.2, -0.15) is 5.26 Å². The SMILES string of the molecule is N#Cc1cccnc1N1CCC(CNC(=O)C(=O)Nc2ccc(F)c(Cl)c2)CC1. The van der Waals surface area contributed by atoms with Gasteiger partial charge in [0.15, 0.2) is 0 Å². The number of amides is 2. The van der Waals surface area contributed by atoms with E-state index >= 15 is 0 Å². The molecule has 7 nitrogen and oxygen atoms in total. The summed E-state index contributed by atoms with van der Waals surface area (Å²) in [4.78, 5) is 30.4. The Morgan fingerprint density at radius 1 is 1.28 bits per heavy atom. The number of nitriles is 1. The molecule has 2 heterocycles. The molecule has 0 bridgehead atoms. The second-order valence-corrected chi connectivity index (χ2v) is 7.12. The number of carbonyl (C=O) groups excluding carboxylic acids is 2. The van der Waals surface area contributed by atoms with E-state index in [1.807, 2.05) is 0 Å². The van der Waals surface area contributed by atoms with Gasteiger partial charge in [-0.05, 0) is 49.1 Å². The van der Waals surface area contributed by atoms with Crippen LogP contribution in [0.5, 0.6) is 0 Å². The summed E-state index contributed by atoms with van der Waals surface area (Å²) in [6.45, 7) is 1.80. The Balaban J connectivity index is 1.46. The predicted molar refractivity (Wildman–Crippen MR) is 107 cm³/mol. The van der Waals surface area contributed by atoms with E-state index < -0.39 is 17.6 Å². The topological polar surface area (TPSA) is 98.1 Å². The predicted octanol–water partition coefficient (Wildman–Crippen LogP) is 2.72. The molecular weight excluding hydrogens is 397 g/mol. The summed E-state index contributed by atoms with van der Waals surface area (Å²) in [6, 6.07) is 9.30. The van der Waals surface area contributed by atoms with Crippen LogP contribution < -0.4 is 15.5 Å². The summed E-state index contributed by atoms with van der Waals surface area (Å²) in [5, 5.41) is 14.1. The zero-order valence-electron chi connectivity index (χ0n) is 15.5. The summed E-state index contributed by atoms with van der Waals surface area (Å²) in [7, 11) is 0. The van der Waals surface area contributed by atoms with E-state index in [2.05, 4.69) is 26.6 Å². The minimum absolute atomic E-state index is 0.137. The number of hydrogen-bond donors (Lipinski definition) is 2. The molecule has 1 fully saturated rings. The maximum atomic E-state index is 13.2. The number of aromatic nitrogens is 1. The first-order valence-electron chi connectivity index (χ1n) is 9.12. The number of anilines is 2.